The lowest BCUT2D eigenvalue weighted by atomic mass is 10.00. The van der Waals surface area contributed by atoms with Gasteiger partial charge < -0.3 is 0 Å². The largest absolute Gasteiger partial charge is 0.805 e. The predicted molar refractivity (Wildman–Crippen MR) is 74.0 cm³/mol. The maximum absolute atomic E-state index is 11.8. The van der Waals surface area contributed by atoms with Gasteiger partial charge in [-0.05, 0) is 26.0 Å². The van der Waals surface area contributed by atoms with Crippen molar-refractivity contribution < 1.29 is 13.6 Å². The predicted octanol–water partition coefficient (Wildman–Crippen LogP) is 4.32. The van der Waals surface area contributed by atoms with Crippen LogP contribution in [0.4, 0.5) is 0 Å². The zero-order valence-electron chi connectivity index (χ0n) is 10.8. The van der Waals surface area contributed by atoms with Gasteiger partial charge in [-0.2, -0.15) is 0 Å². The first-order chi connectivity index (χ1) is 9.11. The third kappa shape index (κ3) is 2.47. The van der Waals surface area contributed by atoms with Gasteiger partial charge in [0.1, 0.15) is 0 Å². The summed E-state index contributed by atoms with van der Waals surface area (Å²) in [4.78, 5) is 0. The molecule has 0 radical (unpaired) electrons. The molecule has 0 unspecified atom stereocenters. The molecule has 0 fully saturated rings. The molecule has 0 atom stereocenters. The summed E-state index contributed by atoms with van der Waals surface area (Å²) < 4.78 is 22.6. The molecule has 0 saturated carbocycles. The topological polar surface area (TPSA) is 35.5 Å². The smallest absolute Gasteiger partial charge is 0.222 e. The molecule has 0 N–H and O–H groups in total. The van der Waals surface area contributed by atoms with Gasteiger partial charge in [0.05, 0.1) is 0 Å². The van der Waals surface area contributed by atoms with Crippen molar-refractivity contribution in [1.29, 1.82) is 0 Å². The second-order valence-electron chi connectivity index (χ2n) is 4.81. The summed E-state index contributed by atoms with van der Waals surface area (Å²) in [5.41, 5.74) is 4.40. The Bertz CT molecular complexity index is 609. The highest BCUT2D eigenvalue weighted by Crippen LogP contribution is 2.39. The number of hydrogen-bond donors (Lipinski definition) is 0. The van der Waals surface area contributed by atoms with Gasteiger partial charge in [0.15, 0.2) is 11.5 Å². The van der Waals surface area contributed by atoms with Crippen molar-refractivity contribution >= 4 is 8.25 Å². The van der Waals surface area contributed by atoms with Gasteiger partial charge in [-0.3, -0.25) is 0 Å². The van der Waals surface area contributed by atoms with E-state index in [4.69, 9.17) is 9.05 Å². The van der Waals surface area contributed by atoms with Crippen LogP contribution in [0.1, 0.15) is 22.3 Å². The molecule has 2 aromatic rings. The van der Waals surface area contributed by atoms with Crippen molar-refractivity contribution in [3.8, 4) is 11.5 Å². The molecule has 1 aliphatic heterocycles. The average Bonchev–Trinajstić information content (AvgIpc) is 2.34. The van der Waals surface area contributed by atoms with Crippen LogP contribution in [0, 0.1) is 13.8 Å². The second-order valence-corrected chi connectivity index (χ2v) is 5.62. The number of hydrogen-bond acceptors (Lipinski definition) is 3. The monoisotopic (exact) mass is 273 g/mol. The Hall–Kier alpha value is -1.86. The lowest BCUT2D eigenvalue weighted by molar-refractivity contribution is 0.408. The van der Waals surface area contributed by atoms with Crippen LogP contribution in [0.5, 0.6) is 11.5 Å². The fourth-order valence-electron chi connectivity index (χ4n) is 2.26. The molecule has 0 saturated heterocycles. The molecule has 0 bridgehead atoms. The minimum absolute atomic E-state index is 0.638. The molecule has 4 heteroatoms. The Labute approximate surface area is 113 Å². The van der Waals surface area contributed by atoms with E-state index < -0.39 is 8.25 Å². The quantitative estimate of drug-likeness (QED) is 0.670. The van der Waals surface area contributed by atoms with E-state index in [9.17, 15) is 4.57 Å². The standard InChI is InChI=1S/C15H14O3P/c1-10-3-5-14-12(7-10)9-13-8-11(2)4-6-15(13)18-19(16)17-14/h3-8H,9H2,1-2H3/q+1. The Morgan fingerprint density at radius 3 is 1.84 bits per heavy atom. The van der Waals surface area contributed by atoms with Crippen molar-refractivity contribution in [1.82, 2.24) is 0 Å². The van der Waals surface area contributed by atoms with Gasteiger partial charge in [-0.25, -0.2) is 9.05 Å². The first-order valence-electron chi connectivity index (χ1n) is 6.14. The molecule has 1 heterocycles. The van der Waals surface area contributed by atoms with Gasteiger partial charge in [-0.15, -0.1) is 0 Å². The van der Waals surface area contributed by atoms with Crippen molar-refractivity contribution in [2.24, 2.45) is 0 Å². The van der Waals surface area contributed by atoms with Gasteiger partial charge in [0.25, 0.3) is 0 Å². The molecule has 3 rings (SSSR count). The van der Waals surface area contributed by atoms with E-state index in [2.05, 4.69) is 12.1 Å². The number of rotatable bonds is 0. The maximum atomic E-state index is 11.8. The van der Waals surface area contributed by atoms with Crippen LogP contribution >= 0.6 is 8.25 Å². The van der Waals surface area contributed by atoms with Crippen molar-refractivity contribution in [2.45, 2.75) is 20.3 Å². The Balaban J connectivity index is 2.14. The van der Waals surface area contributed by atoms with Gasteiger partial charge >= 0.3 is 8.25 Å². The summed E-state index contributed by atoms with van der Waals surface area (Å²) in [6.07, 6.45) is 0.719. The summed E-state index contributed by atoms with van der Waals surface area (Å²) in [5, 5.41) is 0. The van der Waals surface area contributed by atoms with E-state index in [1.165, 1.54) is 0 Å². The fraction of sp³-hybridized carbons (Fsp3) is 0.200. The normalized spacial score (nSPS) is 13.5. The van der Waals surface area contributed by atoms with Crippen LogP contribution in [0.25, 0.3) is 0 Å². The third-order valence-corrected chi connectivity index (χ3v) is 3.85. The Kier molecular flexibility index (Phi) is 3.00. The number of benzene rings is 2. The summed E-state index contributed by atoms with van der Waals surface area (Å²) in [7, 11) is -2.18. The van der Waals surface area contributed by atoms with Gasteiger partial charge in [0.2, 0.25) is 0 Å². The van der Waals surface area contributed by atoms with Crippen LogP contribution < -0.4 is 9.05 Å². The van der Waals surface area contributed by atoms with Crippen molar-refractivity contribution in [3.63, 3.8) is 0 Å². The summed E-state index contributed by atoms with van der Waals surface area (Å²) in [6, 6.07) is 11.7. The highest BCUT2D eigenvalue weighted by atomic mass is 31.1. The van der Waals surface area contributed by atoms with Crippen LogP contribution in [0.15, 0.2) is 36.4 Å². The fourth-order valence-corrected chi connectivity index (χ4v) is 2.97. The van der Waals surface area contributed by atoms with Crippen molar-refractivity contribution in [3.05, 3.63) is 58.7 Å². The first-order valence-corrected chi connectivity index (χ1v) is 7.23. The lowest BCUT2D eigenvalue weighted by Gasteiger charge is -2.11. The molecular weight excluding hydrogens is 259 g/mol. The van der Waals surface area contributed by atoms with Crippen LogP contribution in [-0.2, 0) is 11.0 Å². The van der Waals surface area contributed by atoms with E-state index in [1.54, 1.807) is 0 Å². The average molecular weight is 273 g/mol. The SMILES string of the molecule is Cc1ccc2c(c1)Cc1cc(C)ccc1O[P+](=O)O2. The number of fused-ring (bicyclic) bond motifs is 2. The maximum Gasteiger partial charge on any atom is 0.805 e. The molecule has 0 amide bonds. The zero-order valence-corrected chi connectivity index (χ0v) is 11.7. The minimum Gasteiger partial charge on any atom is -0.222 e. The van der Waals surface area contributed by atoms with Gasteiger partial charge in [-0.1, -0.05) is 35.4 Å². The summed E-state index contributed by atoms with van der Waals surface area (Å²) >= 11 is 0. The Morgan fingerprint density at radius 1 is 0.895 bits per heavy atom. The van der Waals surface area contributed by atoms with E-state index >= 15 is 0 Å². The van der Waals surface area contributed by atoms with E-state index in [0.29, 0.717) is 11.5 Å². The van der Waals surface area contributed by atoms with Crippen molar-refractivity contribution in [2.75, 3.05) is 0 Å². The van der Waals surface area contributed by atoms with Gasteiger partial charge in [0, 0.05) is 22.1 Å². The number of aryl methyl sites for hydroxylation is 2. The highest BCUT2D eigenvalue weighted by molar-refractivity contribution is 7.34. The van der Waals surface area contributed by atoms with Crippen LogP contribution in [0.2, 0.25) is 0 Å². The minimum atomic E-state index is -2.18. The molecule has 0 aliphatic carbocycles. The highest BCUT2D eigenvalue weighted by Gasteiger charge is 2.30. The summed E-state index contributed by atoms with van der Waals surface area (Å²) in [5.74, 6) is 1.28. The first kappa shape index (κ1) is 12.2. The second kappa shape index (κ2) is 4.67. The molecule has 2 aromatic carbocycles. The van der Waals surface area contributed by atoms with Crippen LogP contribution in [0.3, 0.4) is 0 Å². The Morgan fingerprint density at radius 2 is 1.37 bits per heavy atom. The molecule has 1 aliphatic rings. The molecule has 19 heavy (non-hydrogen) atoms. The van der Waals surface area contributed by atoms with E-state index in [1.807, 2.05) is 38.1 Å². The van der Waals surface area contributed by atoms with Crippen LogP contribution in [-0.4, -0.2) is 0 Å². The zero-order chi connectivity index (χ0) is 13.4. The van der Waals surface area contributed by atoms with E-state index in [0.717, 1.165) is 28.7 Å². The third-order valence-electron chi connectivity index (χ3n) is 3.16. The molecule has 0 spiro atoms. The van der Waals surface area contributed by atoms with E-state index in [-0.39, 0.29) is 0 Å². The molecule has 96 valence electrons. The lowest BCUT2D eigenvalue weighted by Crippen LogP contribution is -2.02. The molecule has 0 aromatic heterocycles. The molecular formula is C15H14O3P+. The summed E-state index contributed by atoms with van der Waals surface area (Å²) in [6.45, 7) is 4.07. The molecule has 3 nitrogen and oxygen atoms in total.